The summed E-state index contributed by atoms with van der Waals surface area (Å²) in [6.07, 6.45) is 0.170. The molecule has 2 aromatic heterocycles. The van der Waals surface area contributed by atoms with Crippen LogP contribution in [0, 0.1) is 11.3 Å². The molecule has 0 unspecified atom stereocenters. The molecule has 2 aromatic carbocycles. The highest BCUT2D eigenvalue weighted by Gasteiger charge is 2.33. The zero-order valence-electron chi connectivity index (χ0n) is 18.9. The summed E-state index contributed by atoms with van der Waals surface area (Å²) >= 11 is 5.64. The molecule has 0 saturated carbocycles. The predicted octanol–water partition coefficient (Wildman–Crippen LogP) is 6.17. The molecule has 0 aliphatic rings. The van der Waals surface area contributed by atoms with Gasteiger partial charge >= 0.3 is 6.18 Å². The molecule has 0 saturated heterocycles. The number of ketones is 1. The Morgan fingerprint density at radius 1 is 1.11 bits per heavy atom. The summed E-state index contributed by atoms with van der Waals surface area (Å²) in [6, 6.07) is 13.8. The Labute approximate surface area is 209 Å². The van der Waals surface area contributed by atoms with Gasteiger partial charge in [-0.15, -0.1) is 0 Å². The van der Waals surface area contributed by atoms with Crippen LogP contribution in [0.1, 0.15) is 22.3 Å². The van der Waals surface area contributed by atoms with Crippen LogP contribution in [0.4, 0.5) is 13.2 Å². The molecule has 0 aliphatic heterocycles. The molecule has 0 fully saturated rings. The third-order valence-electron chi connectivity index (χ3n) is 5.29. The van der Waals surface area contributed by atoms with E-state index >= 15 is 0 Å². The maximum Gasteiger partial charge on any atom is 0.417 e. The molecule has 0 aliphatic carbocycles. The van der Waals surface area contributed by atoms with Gasteiger partial charge in [-0.05, 0) is 35.4 Å². The first-order chi connectivity index (χ1) is 17.1. The lowest BCUT2D eigenvalue weighted by Gasteiger charge is -2.11. The monoisotopic (exact) mass is 510 g/mol. The molecule has 4 rings (SSSR count). The van der Waals surface area contributed by atoms with E-state index < -0.39 is 16.8 Å². The van der Waals surface area contributed by atoms with Crippen LogP contribution >= 0.6 is 11.6 Å². The van der Waals surface area contributed by atoms with Crippen molar-refractivity contribution in [3.63, 3.8) is 0 Å². The van der Waals surface area contributed by atoms with Crippen molar-refractivity contribution >= 4 is 17.4 Å². The third-order valence-corrected chi connectivity index (χ3v) is 5.62. The summed E-state index contributed by atoms with van der Waals surface area (Å²) in [7, 11) is 1.76. The Morgan fingerprint density at radius 2 is 1.81 bits per heavy atom. The van der Waals surface area contributed by atoms with Crippen molar-refractivity contribution in [2.75, 3.05) is 0 Å². The van der Waals surface area contributed by atoms with Crippen LogP contribution in [0.15, 0.2) is 67.1 Å². The molecule has 0 N–H and O–H groups in total. The zero-order chi connectivity index (χ0) is 25.9. The average Bonchev–Trinajstić information content (AvgIpc) is 3.26. The van der Waals surface area contributed by atoms with Crippen LogP contribution in [0.2, 0.25) is 5.02 Å². The number of nitrogens with zero attached hydrogens (tertiary/aromatic N) is 4. The maximum atomic E-state index is 13.1. The molecule has 0 spiro atoms. The molecule has 182 valence electrons. The lowest BCUT2D eigenvalue weighted by molar-refractivity contribution is -0.137. The molecule has 0 atom stereocenters. The van der Waals surface area contributed by atoms with Crippen LogP contribution in [-0.4, -0.2) is 20.5 Å². The van der Waals surface area contributed by atoms with Crippen molar-refractivity contribution in [3.05, 3.63) is 94.4 Å². The summed E-state index contributed by atoms with van der Waals surface area (Å²) in [5.74, 6) is 0.512. The molecule has 4 aromatic rings. The number of hydrogen-bond donors (Lipinski definition) is 0. The number of rotatable bonds is 7. The van der Waals surface area contributed by atoms with Crippen molar-refractivity contribution in [3.8, 4) is 28.8 Å². The molecular formula is C26H18ClF3N4O2. The fourth-order valence-electron chi connectivity index (χ4n) is 3.62. The summed E-state index contributed by atoms with van der Waals surface area (Å²) in [5.41, 5.74) is 1.32. The highest BCUT2D eigenvalue weighted by Crippen LogP contribution is 2.35. The van der Waals surface area contributed by atoms with Gasteiger partial charge in [0.25, 0.3) is 0 Å². The maximum absolute atomic E-state index is 13.1. The highest BCUT2D eigenvalue weighted by molar-refractivity contribution is 6.31. The van der Waals surface area contributed by atoms with E-state index in [1.807, 2.05) is 0 Å². The first kappa shape index (κ1) is 24.9. The second kappa shape index (κ2) is 10.2. The summed E-state index contributed by atoms with van der Waals surface area (Å²) < 4.78 is 46.7. The average molecular weight is 511 g/mol. The van der Waals surface area contributed by atoms with Crippen molar-refractivity contribution in [1.29, 1.82) is 5.26 Å². The van der Waals surface area contributed by atoms with E-state index in [0.717, 1.165) is 12.1 Å². The quantitative estimate of drug-likeness (QED) is 0.297. The molecule has 2 heterocycles. The standard InChI is InChI=1S/C26H18ClF3N4O2/c1-34-15-18(14-33-34)25-21(13-31)24(8-9-32-25)36-20-5-2-16(3-6-20)10-19(35)11-17-4-7-23(27)22(12-17)26(28,29)30/h2-9,12,14-15H,10-11H2,1H3. The van der Waals surface area contributed by atoms with Gasteiger partial charge in [0.05, 0.1) is 22.5 Å². The number of ether oxygens (including phenoxy) is 1. The molecular weight excluding hydrogens is 493 g/mol. The number of hydrogen-bond acceptors (Lipinski definition) is 5. The lowest BCUT2D eigenvalue weighted by Crippen LogP contribution is -2.10. The Hall–Kier alpha value is -4.16. The normalized spacial score (nSPS) is 11.2. The number of carbonyl (C=O) groups excluding carboxylic acids is 1. The topological polar surface area (TPSA) is 80.8 Å². The van der Waals surface area contributed by atoms with Crippen LogP contribution in [0.5, 0.6) is 11.5 Å². The van der Waals surface area contributed by atoms with Gasteiger partial charge in [0.2, 0.25) is 0 Å². The number of benzene rings is 2. The van der Waals surface area contributed by atoms with E-state index in [-0.39, 0.29) is 29.8 Å². The van der Waals surface area contributed by atoms with Gasteiger partial charge in [-0.25, -0.2) is 0 Å². The minimum absolute atomic E-state index is 0.0358. The Morgan fingerprint density at radius 3 is 2.44 bits per heavy atom. The van der Waals surface area contributed by atoms with Crippen molar-refractivity contribution in [1.82, 2.24) is 14.8 Å². The number of nitriles is 1. The molecule has 0 bridgehead atoms. The van der Waals surface area contributed by atoms with Crippen LogP contribution in [0.3, 0.4) is 0 Å². The van der Waals surface area contributed by atoms with E-state index in [1.54, 1.807) is 54.5 Å². The minimum Gasteiger partial charge on any atom is -0.456 e. The predicted molar refractivity (Wildman–Crippen MR) is 127 cm³/mol. The third kappa shape index (κ3) is 5.73. The first-order valence-electron chi connectivity index (χ1n) is 10.7. The van der Waals surface area contributed by atoms with Gasteiger partial charge in [-0.2, -0.15) is 23.5 Å². The Bertz CT molecular complexity index is 1460. The fraction of sp³-hybridized carbons (Fsp3) is 0.154. The highest BCUT2D eigenvalue weighted by atomic mass is 35.5. The molecule has 36 heavy (non-hydrogen) atoms. The van der Waals surface area contributed by atoms with E-state index in [4.69, 9.17) is 16.3 Å². The second-order valence-corrected chi connectivity index (χ2v) is 8.40. The molecule has 6 nitrogen and oxygen atoms in total. The van der Waals surface area contributed by atoms with Crippen LogP contribution in [-0.2, 0) is 30.9 Å². The van der Waals surface area contributed by atoms with Gasteiger partial charge in [0.1, 0.15) is 28.9 Å². The van der Waals surface area contributed by atoms with Gasteiger partial charge in [0.15, 0.2) is 0 Å². The number of Topliss-reactive ketones (excluding diaryl/α,β-unsaturated/α-hetero) is 1. The van der Waals surface area contributed by atoms with Gasteiger partial charge in [0, 0.05) is 43.9 Å². The molecule has 0 radical (unpaired) electrons. The van der Waals surface area contributed by atoms with E-state index in [9.17, 15) is 23.2 Å². The van der Waals surface area contributed by atoms with Gasteiger partial charge < -0.3 is 4.74 Å². The minimum atomic E-state index is -4.59. The van der Waals surface area contributed by atoms with E-state index in [1.165, 1.54) is 12.3 Å². The van der Waals surface area contributed by atoms with Crippen LogP contribution in [0.25, 0.3) is 11.3 Å². The summed E-state index contributed by atoms with van der Waals surface area (Å²) in [4.78, 5) is 16.7. The number of pyridine rings is 1. The molecule has 0 amide bonds. The van der Waals surface area contributed by atoms with E-state index in [2.05, 4.69) is 16.2 Å². The van der Waals surface area contributed by atoms with Crippen molar-refractivity contribution in [2.24, 2.45) is 7.05 Å². The number of aromatic nitrogens is 3. The number of halogens is 4. The lowest BCUT2D eigenvalue weighted by atomic mass is 10.0. The van der Waals surface area contributed by atoms with Crippen LogP contribution < -0.4 is 4.74 Å². The van der Waals surface area contributed by atoms with Crippen molar-refractivity contribution < 1.29 is 22.7 Å². The van der Waals surface area contributed by atoms with Crippen molar-refractivity contribution in [2.45, 2.75) is 19.0 Å². The SMILES string of the molecule is Cn1cc(-c2nccc(Oc3ccc(CC(=O)Cc4ccc(Cl)c(C(F)(F)F)c4)cc3)c2C#N)cn1. The van der Waals surface area contributed by atoms with Gasteiger partial charge in [-0.1, -0.05) is 29.8 Å². The second-order valence-electron chi connectivity index (χ2n) is 8.00. The smallest absolute Gasteiger partial charge is 0.417 e. The summed E-state index contributed by atoms with van der Waals surface area (Å²) in [5, 5.41) is 13.4. The number of alkyl halides is 3. The van der Waals surface area contributed by atoms with Gasteiger partial charge in [-0.3, -0.25) is 14.5 Å². The number of carbonyl (C=O) groups is 1. The Balaban J connectivity index is 1.44. The van der Waals surface area contributed by atoms with E-state index in [0.29, 0.717) is 28.3 Å². The fourth-order valence-corrected chi connectivity index (χ4v) is 3.84. The zero-order valence-corrected chi connectivity index (χ0v) is 19.6. The Kier molecular flexibility index (Phi) is 7.08. The first-order valence-corrected chi connectivity index (χ1v) is 11.0. The molecule has 10 heteroatoms. The summed E-state index contributed by atoms with van der Waals surface area (Å²) in [6.45, 7) is 0. The number of aryl methyl sites for hydroxylation is 1. The largest absolute Gasteiger partial charge is 0.456 e.